The first-order valence-corrected chi connectivity index (χ1v) is 10.4. The van der Waals surface area contributed by atoms with E-state index >= 15 is 0 Å². The number of nitrogens with zero attached hydrogens (tertiary/aromatic N) is 3. The Morgan fingerprint density at radius 1 is 1.03 bits per heavy atom. The third-order valence-electron chi connectivity index (χ3n) is 3.03. The van der Waals surface area contributed by atoms with Gasteiger partial charge in [0.1, 0.15) is 11.5 Å². The van der Waals surface area contributed by atoms with Crippen LogP contribution >= 0.6 is 34.8 Å². The lowest BCUT2D eigenvalue weighted by molar-refractivity contribution is -0.114. The van der Waals surface area contributed by atoms with Crippen LogP contribution in [0.25, 0.3) is 5.65 Å². The average Bonchev–Trinajstić information content (AvgIpc) is 3.22. The van der Waals surface area contributed by atoms with Crippen molar-refractivity contribution < 1.29 is 14.3 Å². The number of carbonyl (C=O) groups is 1. The van der Waals surface area contributed by atoms with Crippen molar-refractivity contribution in [1.29, 1.82) is 0 Å². The first-order valence-electron chi connectivity index (χ1n) is 8.78. The smallest absolute Gasteiger partial charge is 0.162 e. The molecule has 0 aromatic carbocycles. The molecule has 0 unspecified atom stereocenters. The lowest BCUT2D eigenvalue weighted by Crippen LogP contribution is -1.98. The van der Waals surface area contributed by atoms with Crippen molar-refractivity contribution in [3.05, 3.63) is 60.7 Å². The van der Waals surface area contributed by atoms with Crippen molar-refractivity contribution in [3.63, 3.8) is 0 Å². The van der Waals surface area contributed by atoms with Gasteiger partial charge in [0.15, 0.2) is 5.78 Å². The summed E-state index contributed by atoms with van der Waals surface area (Å²) in [6.45, 7) is 1.38. The third-order valence-corrected chi connectivity index (χ3v) is 3.90. The van der Waals surface area contributed by atoms with E-state index in [1.54, 1.807) is 26.5 Å². The highest BCUT2D eigenvalue weighted by Gasteiger charge is 1.96. The molecule has 0 amide bonds. The summed E-state index contributed by atoms with van der Waals surface area (Å²) in [4.78, 5) is 17.9. The number of methoxy groups -OCH3 is 2. The molecule has 3 rings (SSSR count). The largest absolute Gasteiger partial charge is 0.384 e. The number of Topliss-reactive ketones (excluding diaryl/α,β-unsaturated/α-hetero) is 1. The van der Waals surface area contributed by atoms with Gasteiger partial charge >= 0.3 is 0 Å². The van der Waals surface area contributed by atoms with E-state index in [1.165, 1.54) is 0 Å². The molecular formula is C20H27Cl3N4O3. The van der Waals surface area contributed by atoms with Gasteiger partial charge in [-0.2, -0.15) is 0 Å². The van der Waals surface area contributed by atoms with Gasteiger partial charge in [0, 0.05) is 32.8 Å². The van der Waals surface area contributed by atoms with Gasteiger partial charge in [0.25, 0.3) is 0 Å². The molecule has 0 saturated carbocycles. The van der Waals surface area contributed by atoms with Gasteiger partial charge in [-0.3, -0.25) is 4.79 Å². The van der Waals surface area contributed by atoms with Gasteiger partial charge in [-0.05, 0) is 24.3 Å². The number of aromatic nitrogens is 3. The Kier molecular flexibility index (Phi) is 17.9. The number of fused-ring (bicyclic) bond motifs is 1. The van der Waals surface area contributed by atoms with E-state index in [-0.39, 0.29) is 17.5 Å². The minimum absolute atomic E-state index is 0.0312. The maximum Gasteiger partial charge on any atom is 0.162 e. The van der Waals surface area contributed by atoms with Gasteiger partial charge in [-0.1, -0.05) is 12.1 Å². The number of ether oxygens (including phenoxy) is 2. The van der Waals surface area contributed by atoms with Crippen molar-refractivity contribution >= 4 is 52.1 Å². The number of alkyl halides is 3. The predicted octanol–water partition coefficient (Wildman–Crippen LogP) is 4.05. The summed E-state index contributed by atoms with van der Waals surface area (Å²) >= 11 is 15.7. The van der Waals surface area contributed by atoms with Crippen molar-refractivity contribution in [3.8, 4) is 0 Å². The quantitative estimate of drug-likeness (QED) is 0.425. The molecule has 0 radical (unpaired) electrons. The zero-order valence-corrected chi connectivity index (χ0v) is 19.3. The fourth-order valence-corrected chi connectivity index (χ4v) is 2.04. The van der Waals surface area contributed by atoms with Crippen LogP contribution in [0.15, 0.2) is 55.0 Å². The van der Waals surface area contributed by atoms with Crippen LogP contribution < -0.4 is 5.73 Å². The van der Waals surface area contributed by atoms with Crippen LogP contribution in [0.1, 0.15) is 5.69 Å². The zero-order valence-electron chi connectivity index (χ0n) is 17.0. The summed E-state index contributed by atoms with van der Waals surface area (Å²) < 4.78 is 11.3. The summed E-state index contributed by atoms with van der Waals surface area (Å²) in [6, 6.07) is 11.3. The molecule has 0 spiro atoms. The molecule has 0 bridgehead atoms. The summed E-state index contributed by atoms with van der Waals surface area (Å²) in [6.07, 6.45) is 5.55. The Morgan fingerprint density at radius 2 is 1.67 bits per heavy atom. The summed E-state index contributed by atoms with van der Waals surface area (Å²) in [5, 5.41) is 0. The summed E-state index contributed by atoms with van der Waals surface area (Å²) in [5.41, 5.74) is 7.11. The second-order valence-corrected chi connectivity index (χ2v) is 6.18. The standard InChI is InChI=1S/C8H7ClN2.C5H6N2.C4H10O2.C3H4Cl2O/c9-5-7-6-11-4-2-1-3-8(11)10-7;6-5-3-1-2-4-7-5;1-5-3-4-6-2;4-1-3(6)2-5/h1-4,6H,5H2;1-4H,(H2,6,7);3-4H2,1-2H3;1-2H2. The minimum atomic E-state index is -0.127. The van der Waals surface area contributed by atoms with Crippen LogP contribution in [0, 0.1) is 0 Å². The summed E-state index contributed by atoms with van der Waals surface area (Å²) in [7, 11) is 3.30. The monoisotopic (exact) mass is 476 g/mol. The molecule has 3 aromatic heterocycles. The molecule has 2 N–H and O–H groups in total. The highest BCUT2D eigenvalue weighted by atomic mass is 35.5. The lowest BCUT2D eigenvalue weighted by atomic mass is 10.5. The maximum atomic E-state index is 9.92. The molecule has 0 aliphatic rings. The molecular weight excluding hydrogens is 451 g/mol. The zero-order chi connectivity index (χ0) is 22.6. The topological polar surface area (TPSA) is 91.7 Å². The van der Waals surface area contributed by atoms with E-state index in [0.717, 1.165) is 11.3 Å². The van der Waals surface area contributed by atoms with Crippen molar-refractivity contribution in [2.75, 3.05) is 44.9 Å². The molecule has 0 saturated heterocycles. The molecule has 7 nitrogen and oxygen atoms in total. The number of pyridine rings is 2. The maximum absolute atomic E-state index is 9.92. The number of imidazole rings is 1. The Labute approximate surface area is 192 Å². The molecule has 0 fully saturated rings. The number of hydrogen-bond donors (Lipinski definition) is 1. The Morgan fingerprint density at radius 3 is 2.03 bits per heavy atom. The molecule has 3 aromatic rings. The Balaban J connectivity index is 0.000000392. The average molecular weight is 478 g/mol. The first kappa shape index (κ1) is 28.1. The number of nitrogen functional groups attached to an aromatic ring is 1. The number of hydrogen-bond acceptors (Lipinski definition) is 6. The highest BCUT2D eigenvalue weighted by molar-refractivity contribution is 6.35. The van der Waals surface area contributed by atoms with Gasteiger partial charge < -0.3 is 19.6 Å². The number of anilines is 1. The Hall–Kier alpha value is -1.90. The van der Waals surface area contributed by atoms with E-state index < -0.39 is 0 Å². The second kappa shape index (κ2) is 19.1. The summed E-state index contributed by atoms with van der Waals surface area (Å²) in [5.74, 6) is 0.982. The molecule has 0 aliphatic carbocycles. The van der Waals surface area contributed by atoms with E-state index in [0.29, 0.717) is 24.9 Å². The Bertz CT molecular complexity index is 761. The first-order chi connectivity index (χ1) is 14.5. The molecule has 30 heavy (non-hydrogen) atoms. The van der Waals surface area contributed by atoms with Crippen LogP contribution in [0.3, 0.4) is 0 Å². The van der Waals surface area contributed by atoms with Crippen molar-refractivity contribution in [1.82, 2.24) is 14.4 Å². The van der Waals surface area contributed by atoms with Crippen LogP contribution in [-0.2, 0) is 20.1 Å². The number of nitrogens with two attached hydrogens (primary N) is 1. The minimum Gasteiger partial charge on any atom is -0.384 e. The molecule has 0 atom stereocenters. The molecule has 0 aliphatic heterocycles. The lowest BCUT2D eigenvalue weighted by Gasteiger charge is -1.91. The SMILES string of the molecule is COCCOC.ClCc1cn2ccccc2n1.Nc1ccccn1.O=C(CCl)CCl. The van der Waals surface area contributed by atoms with Gasteiger partial charge in [0.2, 0.25) is 0 Å². The predicted molar refractivity (Wildman–Crippen MR) is 124 cm³/mol. The number of ketones is 1. The second-order valence-electron chi connectivity index (χ2n) is 5.38. The van der Waals surface area contributed by atoms with Crippen LogP contribution in [-0.4, -0.2) is 59.3 Å². The normalized spacial score (nSPS) is 9.37. The number of rotatable bonds is 6. The molecule has 10 heteroatoms. The third kappa shape index (κ3) is 14.1. The fourth-order valence-electron chi connectivity index (χ4n) is 1.63. The van der Waals surface area contributed by atoms with Gasteiger partial charge in [-0.15, -0.1) is 34.8 Å². The van der Waals surface area contributed by atoms with Crippen molar-refractivity contribution in [2.45, 2.75) is 5.88 Å². The van der Waals surface area contributed by atoms with E-state index in [2.05, 4.69) is 19.4 Å². The fraction of sp³-hybridized carbons (Fsp3) is 0.350. The van der Waals surface area contributed by atoms with E-state index in [9.17, 15) is 4.79 Å². The molecule has 3 heterocycles. The van der Waals surface area contributed by atoms with Crippen LogP contribution in [0.4, 0.5) is 5.82 Å². The number of carbonyl (C=O) groups excluding carboxylic acids is 1. The van der Waals surface area contributed by atoms with Crippen LogP contribution in [0.2, 0.25) is 0 Å². The van der Waals surface area contributed by atoms with Crippen molar-refractivity contribution in [2.24, 2.45) is 0 Å². The van der Waals surface area contributed by atoms with E-state index in [4.69, 9.17) is 40.5 Å². The van der Waals surface area contributed by atoms with Gasteiger partial charge in [0.05, 0.1) is 36.5 Å². The van der Waals surface area contributed by atoms with E-state index in [1.807, 2.05) is 47.1 Å². The van der Waals surface area contributed by atoms with Gasteiger partial charge in [-0.25, -0.2) is 9.97 Å². The van der Waals surface area contributed by atoms with Crippen LogP contribution in [0.5, 0.6) is 0 Å². The number of halogens is 3. The highest BCUT2D eigenvalue weighted by Crippen LogP contribution is 2.05. The molecule has 166 valence electrons.